The van der Waals surface area contributed by atoms with Gasteiger partial charge in [0.15, 0.2) is 0 Å². The molecule has 2 aromatic rings. The number of nitrogens with zero attached hydrogens (tertiary/aromatic N) is 1. The summed E-state index contributed by atoms with van der Waals surface area (Å²) in [7, 11) is -0.473. The summed E-state index contributed by atoms with van der Waals surface area (Å²) < 4.78 is 11.8. The largest absolute Gasteiger partial charge is 0.596 e. The standard InChI is InChI=1S/C17H18BNO2/c1-2-15(14-19)13-18(20-16-9-5-3-6-10-16)21-17-11-7-4-8-12-17/h3-12,15H,2,13H2,1H3. The summed E-state index contributed by atoms with van der Waals surface area (Å²) in [6, 6.07) is 21.4. The molecule has 0 saturated carbocycles. The second-order valence-corrected chi connectivity index (χ2v) is 4.76. The van der Waals surface area contributed by atoms with Gasteiger partial charge in [0, 0.05) is 12.2 Å². The topological polar surface area (TPSA) is 42.2 Å². The zero-order valence-electron chi connectivity index (χ0n) is 12.1. The third-order valence-electron chi connectivity index (χ3n) is 3.17. The molecule has 0 saturated heterocycles. The quantitative estimate of drug-likeness (QED) is 0.714. The van der Waals surface area contributed by atoms with Crippen LogP contribution in [0.3, 0.4) is 0 Å². The number of benzene rings is 2. The summed E-state index contributed by atoms with van der Waals surface area (Å²) in [4.78, 5) is 0. The van der Waals surface area contributed by atoms with Gasteiger partial charge in [0.2, 0.25) is 0 Å². The highest BCUT2D eigenvalue weighted by molar-refractivity contribution is 6.46. The molecule has 4 heteroatoms. The third-order valence-corrected chi connectivity index (χ3v) is 3.17. The zero-order chi connectivity index (χ0) is 14.9. The van der Waals surface area contributed by atoms with Crippen LogP contribution in [-0.4, -0.2) is 7.12 Å². The number of nitriles is 1. The maximum Gasteiger partial charge on any atom is 0.596 e. The summed E-state index contributed by atoms with van der Waals surface area (Å²) in [5.74, 6) is 1.40. The van der Waals surface area contributed by atoms with E-state index >= 15 is 0 Å². The van der Waals surface area contributed by atoms with E-state index in [1.165, 1.54) is 0 Å². The lowest BCUT2D eigenvalue weighted by Gasteiger charge is -2.18. The molecule has 1 atom stereocenters. The molecule has 106 valence electrons. The maximum absolute atomic E-state index is 9.15. The lowest BCUT2D eigenvalue weighted by Crippen LogP contribution is -2.32. The molecule has 0 aliphatic heterocycles. The number of hydrogen-bond acceptors (Lipinski definition) is 3. The lowest BCUT2D eigenvalue weighted by atomic mass is 9.76. The molecule has 0 radical (unpaired) electrons. The Morgan fingerprint density at radius 2 is 1.43 bits per heavy atom. The number of para-hydroxylation sites is 2. The first kappa shape index (κ1) is 15.0. The Kier molecular flexibility index (Phi) is 5.72. The van der Waals surface area contributed by atoms with Crippen molar-refractivity contribution in [2.45, 2.75) is 19.7 Å². The first-order valence-corrected chi connectivity index (χ1v) is 7.15. The summed E-state index contributed by atoms with van der Waals surface area (Å²) in [6.45, 7) is 2.00. The van der Waals surface area contributed by atoms with Crippen LogP contribution in [0.2, 0.25) is 6.32 Å². The first-order chi connectivity index (χ1) is 10.3. The van der Waals surface area contributed by atoms with Crippen LogP contribution in [0.25, 0.3) is 0 Å². The molecule has 0 spiro atoms. The SMILES string of the molecule is CCC(C#N)CB(Oc1ccccc1)Oc1ccccc1. The van der Waals surface area contributed by atoms with Crippen LogP contribution in [0.15, 0.2) is 60.7 Å². The second-order valence-electron chi connectivity index (χ2n) is 4.76. The first-order valence-electron chi connectivity index (χ1n) is 7.15. The van der Waals surface area contributed by atoms with E-state index in [4.69, 9.17) is 14.6 Å². The van der Waals surface area contributed by atoms with Crippen LogP contribution in [-0.2, 0) is 0 Å². The van der Waals surface area contributed by atoms with Crippen molar-refractivity contribution >= 4 is 7.12 Å². The van der Waals surface area contributed by atoms with Crippen molar-refractivity contribution in [1.29, 1.82) is 5.26 Å². The summed E-state index contributed by atoms with van der Waals surface area (Å²) in [6.07, 6.45) is 1.32. The van der Waals surface area contributed by atoms with Crippen molar-refractivity contribution in [3.63, 3.8) is 0 Å². The average molecular weight is 279 g/mol. The van der Waals surface area contributed by atoms with Crippen molar-refractivity contribution in [2.75, 3.05) is 0 Å². The van der Waals surface area contributed by atoms with Crippen LogP contribution < -0.4 is 9.31 Å². The minimum absolute atomic E-state index is 0.0811. The van der Waals surface area contributed by atoms with E-state index < -0.39 is 7.12 Å². The summed E-state index contributed by atoms with van der Waals surface area (Å²) >= 11 is 0. The zero-order valence-corrected chi connectivity index (χ0v) is 12.1. The molecular formula is C17H18BNO2. The number of hydrogen-bond donors (Lipinski definition) is 0. The minimum atomic E-state index is -0.473. The fourth-order valence-corrected chi connectivity index (χ4v) is 1.96. The molecule has 2 rings (SSSR count). The Labute approximate surface area is 126 Å². The predicted molar refractivity (Wildman–Crippen MR) is 84.1 cm³/mol. The molecule has 0 aliphatic rings. The van der Waals surface area contributed by atoms with Gasteiger partial charge in [0.25, 0.3) is 0 Å². The van der Waals surface area contributed by atoms with E-state index in [2.05, 4.69) is 6.07 Å². The molecule has 0 N–H and O–H groups in total. The number of rotatable bonds is 7. The van der Waals surface area contributed by atoms with Gasteiger partial charge in [-0.25, -0.2) is 0 Å². The van der Waals surface area contributed by atoms with Crippen molar-refractivity contribution in [3.05, 3.63) is 60.7 Å². The van der Waals surface area contributed by atoms with Crippen molar-refractivity contribution in [2.24, 2.45) is 5.92 Å². The van der Waals surface area contributed by atoms with Crippen molar-refractivity contribution in [1.82, 2.24) is 0 Å². The summed E-state index contributed by atoms with van der Waals surface area (Å²) in [5.41, 5.74) is 0. The van der Waals surface area contributed by atoms with Gasteiger partial charge in [-0.05, 0) is 30.7 Å². The van der Waals surface area contributed by atoms with Crippen molar-refractivity contribution < 1.29 is 9.31 Å². The van der Waals surface area contributed by atoms with E-state index in [0.717, 1.165) is 17.9 Å². The highest BCUT2D eigenvalue weighted by Gasteiger charge is 2.27. The van der Waals surface area contributed by atoms with Gasteiger partial charge in [0.1, 0.15) is 11.5 Å². The summed E-state index contributed by atoms with van der Waals surface area (Å²) in [5, 5.41) is 9.15. The monoisotopic (exact) mass is 279 g/mol. The maximum atomic E-state index is 9.15. The highest BCUT2D eigenvalue weighted by atomic mass is 16.6. The molecule has 0 aliphatic carbocycles. The fourth-order valence-electron chi connectivity index (χ4n) is 1.96. The molecule has 21 heavy (non-hydrogen) atoms. The van der Waals surface area contributed by atoms with Gasteiger partial charge in [-0.2, -0.15) is 5.26 Å². The molecule has 0 amide bonds. The van der Waals surface area contributed by atoms with Crippen molar-refractivity contribution in [3.8, 4) is 17.6 Å². The molecule has 0 heterocycles. The molecule has 3 nitrogen and oxygen atoms in total. The molecular weight excluding hydrogens is 261 g/mol. The Balaban J connectivity index is 2.08. The van der Waals surface area contributed by atoms with E-state index in [0.29, 0.717) is 6.32 Å². The van der Waals surface area contributed by atoms with E-state index in [-0.39, 0.29) is 5.92 Å². The van der Waals surface area contributed by atoms with Gasteiger partial charge in [-0.1, -0.05) is 43.3 Å². The molecule has 0 fully saturated rings. The second kappa shape index (κ2) is 8.01. The van der Waals surface area contributed by atoms with Crippen LogP contribution in [0.1, 0.15) is 13.3 Å². The Hall–Kier alpha value is -2.41. The normalized spacial score (nSPS) is 11.2. The van der Waals surface area contributed by atoms with Gasteiger partial charge < -0.3 is 9.31 Å². The Morgan fingerprint density at radius 3 is 1.81 bits per heavy atom. The predicted octanol–water partition coefficient (Wildman–Crippen LogP) is 4.18. The van der Waals surface area contributed by atoms with Crippen LogP contribution in [0.4, 0.5) is 0 Å². The van der Waals surface area contributed by atoms with E-state index in [1.54, 1.807) is 0 Å². The minimum Gasteiger partial charge on any atom is -0.526 e. The highest BCUT2D eigenvalue weighted by Crippen LogP contribution is 2.19. The van der Waals surface area contributed by atoms with E-state index in [1.807, 2.05) is 67.6 Å². The lowest BCUT2D eigenvalue weighted by molar-refractivity contribution is 0.410. The Morgan fingerprint density at radius 1 is 0.952 bits per heavy atom. The molecule has 0 bridgehead atoms. The van der Waals surface area contributed by atoms with E-state index in [9.17, 15) is 0 Å². The van der Waals surface area contributed by atoms with Crippen LogP contribution >= 0.6 is 0 Å². The van der Waals surface area contributed by atoms with Gasteiger partial charge in [-0.3, -0.25) is 0 Å². The van der Waals surface area contributed by atoms with Gasteiger partial charge in [-0.15, -0.1) is 0 Å². The van der Waals surface area contributed by atoms with Crippen LogP contribution in [0.5, 0.6) is 11.5 Å². The molecule has 2 aromatic carbocycles. The fraction of sp³-hybridized carbons (Fsp3) is 0.235. The molecule has 0 aromatic heterocycles. The molecule has 1 unspecified atom stereocenters. The van der Waals surface area contributed by atoms with Crippen LogP contribution in [0, 0.1) is 17.2 Å². The third kappa shape index (κ3) is 4.89. The average Bonchev–Trinajstić information content (AvgIpc) is 2.54. The van der Waals surface area contributed by atoms with Gasteiger partial charge in [0.05, 0.1) is 6.07 Å². The van der Waals surface area contributed by atoms with Gasteiger partial charge >= 0.3 is 7.12 Å². The Bertz CT molecular complexity index is 527. The smallest absolute Gasteiger partial charge is 0.526 e.